The maximum atomic E-state index is 13.5. The molecule has 2 aromatic rings. The zero-order valence-electron chi connectivity index (χ0n) is 24.6. The van der Waals surface area contributed by atoms with E-state index >= 15 is 0 Å². The standard InChI is InChI=1S/C33H41ClN6O3/c34-28-6-1-23(17-29(28)39-14-9-30(41)36-32(39)43)31(42)37-15-12-33(13-16-37)10-7-22(8-11-33)19-38-20-27-18-26(38)21-40(27)25-4-2-24(35)3-5-25/h1-6,17,22,26-27H,7-16,18-21,35H2,(H,36,41,43)/t26-,27-/m1/s1. The predicted octanol–water partition coefficient (Wildman–Crippen LogP) is 4.74. The van der Waals surface area contributed by atoms with Crippen molar-refractivity contribution < 1.29 is 14.4 Å². The molecule has 5 fully saturated rings. The highest BCUT2D eigenvalue weighted by atomic mass is 35.5. The monoisotopic (exact) mass is 604 g/mol. The molecule has 5 aliphatic rings. The van der Waals surface area contributed by atoms with Gasteiger partial charge in [0.25, 0.3) is 5.91 Å². The van der Waals surface area contributed by atoms with Gasteiger partial charge in [0, 0.05) is 74.7 Å². The van der Waals surface area contributed by atoms with Crippen LogP contribution in [0.25, 0.3) is 0 Å². The Morgan fingerprint density at radius 3 is 2.37 bits per heavy atom. The van der Waals surface area contributed by atoms with Gasteiger partial charge in [-0.2, -0.15) is 0 Å². The molecule has 0 aromatic heterocycles. The van der Waals surface area contributed by atoms with Crippen molar-refractivity contribution in [1.29, 1.82) is 0 Å². The van der Waals surface area contributed by atoms with Crippen LogP contribution < -0.4 is 20.9 Å². The van der Waals surface area contributed by atoms with E-state index in [9.17, 15) is 14.4 Å². The second-order valence-corrected chi connectivity index (χ2v) is 13.8. The summed E-state index contributed by atoms with van der Waals surface area (Å²) in [5, 5.41) is 2.71. The quantitative estimate of drug-likeness (QED) is 0.478. The number of halogens is 1. The summed E-state index contributed by atoms with van der Waals surface area (Å²) in [5.74, 6) is 0.446. The first-order valence-corrected chi connectivity index (χ1v) is 16.2. The van der Waals surface area contributed by atoms with E-state index in [1.165, 1.54) is 55.8 Å². The number of carbonyl (C=O) groups is 3. The van der Waals surface area contributed by atoms with E-state index in [0.717, 1.165) is 44.1 Å². The van der Waals surface area contributed by atoms with Crippen LogP contribution in [0, 0.1) is 11.3 Å². The molecule has 4 amide bonds. The normalized spacial score (nSPS) is 25.9. The Bertz CT molecular complexity index is 1400. The van der Waals surface area contributed by atoms with Gasteiger partial charge in [0.1, 0.15) is 0 Å². The molecule has 0 unspecified atom stereocenters. The van der Waals surface area contributed by atoms with Gasteiger partial charge in [-0.1, -0.05) is 11.6 Å². The number of nitrogen functional groups attached to an aromatic ring is 1. The van der Waals surface area contributed by atoms with Gasteiger partial charge >= 0.3 is 6.03 Å². The van der Waals surface area contributed by atoms with Gasteiger partial charge in [-0.3, -0.25) is 24.7 Å². The molecule has 1 aliphatic carbocycles. The zero-order chi connectivity index (χ0) is 29.7. The average molecular weight is 605 g/mol. The van der Waals surface area contributed by atoms with Crippen molar-refractivity contribution in [1.82, 2.24) is 15.1 Å². The van der Waals surface area contributed by atoms with Crippen molar-refractivity contribution in [3.05, 3.63) is 53.1 Å². The molecule has 228 valence electrons. The first-order valence-electron chi connectivity index (χ1n) is 15.8. The topological polar surface area (TPSA) is 102 Å². The van der Waals surface area contributed by atoms with Crippen molar-refractivity contribution in [3.63, 3.8) is 0 Å². The van der Waals surface area contributed by atoms with Gasteiger partial charge in [-0.05, 0) is 98.7 Å². The van der Waals surface area contributed by atoms with E-state index in [2.05, 4.69) is 27.2 Å². The number of benzene rings is 2. The third-order valence-corrected chi connectivity index (χ3v) is 11.2. The molecule has 2 bridgehead atoms. The fraction of sp³-hybridized carbons (Fsp3) is 0.545. The van der Waals surface area contributed by atoms with Crippen molar-refractivity contribution >= 4 is 46.5 Å². The minimum atomic E-state index is -0.504. The van der Waals surface area contributed by atoms with Gasteiger partial charge in [-0.15, -0.1) is 0 Å². The van der Waals surface area contributed by atoms with E-state index in [0.29, 0.717) is 33.8 Å². The third-order valence-electron chi connectivity index (χ3n) is 10.9. The third kappa shape index (κ3) is 5.57. The molecule has 43 heavy (non-hydrogen) atoms. The molecule has 0 radical (unpaired) electrons. The van der Waals surface area contributed by atoms with Crippen LogP contribution in [0.5, 0.6) is 0 Å². The summed E-state index contributed by atoms with van der Waals surface area (Å²) in [7, 11) is 0. The number of fused-ring (bicyclic) bond motifs is 2. The number of carbonyl (C=O) groups excluding carboxylic acids is 3. The van der Waals surface area contributed by atoms with Crippen molar-refractivity contribution in [2.75, 3.05) is 54.8 Å². The number of amides is 4. The molecular formula is C33H41ClN6O3. The van der Waals surface area contributed by atoms with Crippen LogP contribution in [0.1, 0.15) is 61.7 Å². The number of rotatable bonds is 5. The summed E-state index contributed by atoms with van der Waals surface area (Å²) in [5.41, 5.74) is 9.36. The van der Waals surface area contributed by atoms with Gasteiger partial charge in [0.05, 0.1) is 10.7 Å². The van der Waals surface area contributed by atoms with Gasteiger partial charge in [0.15, 0.2) is 0 Å². The second kappa shape index (κ2) is 11.3. The number of urea groups is 1. The molecule has 2 aromatic carbocycles. The molecule has 1 spiro atoms. The molecule has 4 aliphatic heterocycles. The Morgan fingerprint density at radius 1 is 0.953 bits per heavy atom. The first kappa shape index (κ1) is 28.5. The number of hydrogen-bond donors (Lipinski definition) is 2. The van der Waals surface area contributed by atoms with E-state index in [1.54, 1.807) is 18.2 Å². The van der Waals surface area contributed by atoms with Crippen LogP contribution in [0.4, 0.5) is 21.9 Å². The summed E-state index contributed by atoms with van der Waals surface area (Å²) < 4.78 is 0. The van der Waals surface area contributed by atoms with Crippen LogP contribution in [-0.4, -0.2) is 79.0 Å². The summed E-state index contributed by atoms with van der Waals surface area (Å²) >= 11 is 6.40. The van der Waals surface area contributed by atoms with E-state index in [-0.39, 0.29) is 24.8 Å². The van der Waals surface area contributed by atoms with E-state index in [4.69, 9.17) is 17.3 Å². The van der Waals surface area contributed by atoms with Crippen LogP contribution in [-0.2, 0) is 4.79 Å². The number of nitrogens with one attached hydrogen (secondary N) is 1. The Kier molecular flexibility index (Phi) is 7.50. The highest BCUT2D eigenvalue weighted by Crippen LogP contribution is 2.47. The Morgan fingerprint density at radius 2 is 1.70 bits per heavy atom. The summed E-state index contributed by atoms with van der Waals surface area (Å²) in [6, 6.07) is 14.2. The number of nitrogens with two attached hydrogens (primary N) is 1. The molecular weight excluding hydrogens is 564 g/mol. The highest BCUT2D eigenvalue weighted by Gasteiger charge is 2.45. The Balaban J connectivity index is 0.898. The second-order valence-electron chi connectivity index (χ2n) is 13.4. The smallest absolute Gasteiger partial charge is 0.328 e. The maximum Gasteiger partial charge on any atom is 0.328 e. The number of anilines is 3. The number of hydrogen-bond acceptors (Lipinski definition) is 6. The molecule has 10 heteroatoms. The predicted molar refractivity (Wildman–Crippen MR) is 168 cm³/mol. The van der Waals surface area contributed by atoms with Gasteiger partial charge < -0.3 is 15.5 Å². The lowest BCUT2D eigenvalue weighted by Gasteiger charge is -2.47. The van der Waals surface area contributed by atoms with Crippen LogP contribution in [0.3, 0.4) is 0 Å². The van der Waals surface area contributed by atoms with Crippen molar-refractivity contribution in [3.8, 4) is 0 Å². The highest BCUT2D eigenvalue weighted by molar-refractivity contribution is 6.34. The van der Waals surface area contributed by atoms with Gasteiger partial charge in [0.2, 0.25) is 5.91 Å². The molecule has 7 rings (SSSR count). The molecule has 2 atom stereocenters. The molecule has 4 saturated heterocycles. The summed E-state index contributed by atoms with van der Waals surface area (Å²) in [4.78, 5) is 46.2. The minimum Gasteiger partial charge on any atom is -0.399 e. The number of likely N-dealkylation sites (tertiary alicyclic amines) is 2. The van der Waals surface area contributed by atoms with Crippen LogP contribution >= 0.6 is 11.6 Å². The SMILES string of the molecule is Nc1ccc(N2C[C@H]3C[C@@H]2CN3CC2CCC3(CC2)CCN(C(=O)c2ccc(Cl)c(N4CCC(=O)NC4=O)c2)CC3)cc1. The average Bonchev–Trinajstić information content (AvgIpc) is 3.60. The van der Waals surface area contributed by atoms with Crippen LogP contribution in [0.2, 0.25) is 5.02 Å². The number of imide groups is 1. The lowest BCUT2D eigenvalue weighted by Crippen LogP contribution is -2.49. The largest absolute Gasteiger partial charge is 0.399 e. The maximum absolute atomic E-state index is 13.5. The summed E-state index contributed by atoms with van der Waals surface area (Å²) in [6.07, 6.45) is 8.65. The Labute approximate surface area is 258 Å². The zero-order valence-corrected chi connectivity index (χ0v) is 25.4. The fourth-order valence-corrected chi connectivity index (χ4v) is 8.49. The van der Waals surface area contributed by atoms with Gasteiger partial charge in [-0.25, -0.2) is 4.79 Å². The summed E-state index contributed by atoms with van der Waals surface area (Å²) in [6.45, 7) is 5.28. The van der Waals surface area contributed by atoms with E-state index < -0.39 is 6.03 Å². The molecule has 1 saturated carbocycles. The molecule has 3 N–H and O–H groups in total. The number of nitrogens with zero attached hydrogens (tertiary/aromatic N) is 4. The minimum absolute atomic E-state index is 0.0213. The van der Waals surface area contributed by atoms with Crippen molar-refractivity contribution in [2.24, 2.45) is 11.3 Å². The lowest BCUT2D eigenvalue weighted by molar-refractivity contribution is -0.120. The first-order chi connectivity index (χ1) is 20.8. The van der Waals surface area contributed by atoms with E-state index in [1.807, 2.05) is 17.0 Å². The van der Waals surface area contributed by atoms with Crippen LogP contribution in [0.15, 0.2) is 42.5 Å². The lowest BCUT2D eigenvalue weighted by atomic mass is 9.65. The molecule has 4 heterocycles. The number of piperidine rings is 1. The Hall–Kier alpha value is -3.30. The fourth-order valence-electron chi connectivity index (χ4n) is 8.27. The molecule has 9 nitrogen and oxygen atoms in total. The van der Waals surface area contributed by atoms with Crippen molar-refractivity contribution in [2.45, 2.75) is 63.5 Å². The number of piperazine rings is 1.